The van der Waals surface area contributed by atoms with E-state index in [4.69, 9.17) is 5.26 Å². The number of hydrazine groups is 1. The molecule has 0 saturated carbocycles. The number of carbonyl (C=O) groups is 1. The van der Waals surface area contributed by atoms with Crippen molar-refractivity contribution in [3.63, 3.8) is 0 Å². The fourth-order valence-corrected chi connectivity index (χ4v) is 4.98. The van der Waals surface area contributed by atoms with E-state index in [0.717, 1.165) is 11.9 Å². The highest BCUT2D eigenvalue weighted by Crippen LogP contribution is 2.32. The lowest BCUT2D eigenvalue weighted by Crippen LogP contribution is -2.57. The minimum absolute atomic E-state index is 0.0831. The zero-order valence-corrected chi connectivity index (χ0v) is 21.5. The molecule has 1 aromatic carbocycles. The van der Waals surface area contributed by atoms with Crippen LogP contribution in [0.2, 0.25) is 0 Å². The van der Waals surface area contributed by atoms with Crippen molar-refractivity contribution in [1.82, 2.24) is 25.0 Å². The van der Waals surface area contributed by atoms with Crippen molar-refractivity contribution < 1.29 is 18.0 Å². The average molecular weight is 537 g/mol. The molecule has 0 radical (unpaired) electrons. The van der Waals surface area contributed by atoms with Gasteiger partial charge in [0.25, 0.3) is 6.43 Å². The second-order valence-electron chi connectivity index (χ2n) is 9.55. The van der Waals surface area contributed by atoms with E-state index < -0.39 is 23.8 Å². The molecular weight excluding hydrogens is 509 g/mol. The number of aryl methyl sites for hydroxylation is 1. The quantitative estimate of drug-likeness (QED) is 0.506. The summed E-state index contributed by atoms with van der Waals surface area (Å²) in [5.74, 6) is 0.648. The topological polar surface area (TPSA) is 101 Å². The molecule has 2 aliphatic rings. The number of nitriles is 1. The predicted octanol–water partition coefficient (Wildman–Crippen LogP) is 3.92. The standard InChI is InChI=1S/C27H27F3N8O/c1-16(19-4-3-5-20(25(19)28)26(29)30)33-27-21-15-38(24(39)12-22(21)34-17(2)35-27)37-10-8-36(9-11-37)23-7-6-18(13-31)14-32-23/h3-7,14,16,26H,8-12,15H2,1-2H3,(H,33,34,35)/t16-/m1/s1. The van der Waals surface area contributed by atoms with Crippen LogP contribution in [0.1, 0.15) is 53.2 Å². The Morgan fingerprint density at radius 3 is 2.49 bits per heavy atom. The number of fused-ring (bicyclic) bond motifs is 1. The Bertz CT molecular complexity index is 1420. The number of pyridine rings is 1. The maximum atomic E-state index is 14.8. The number of hydrogen-bond acceptors (Lipinski definition) is 8. The fraction of sp³-hybridized carbons (Fsp3) is 0.370. The molecule has 0 unspecified atom stereocenters. The number of amides is 1. The van der Waals surface area contributed by atoms with Crippen LogP contribution in [-0.4, -0.2) is 57.1 Å². The van der Waals surface area contributed by atoms with Crippen LogP contribution < -0.4 is 10.2 Å². The molecule has 12 heteroatoms. The van der Waals surface area contributed by atoms with Crippen LogP contribution in [-0.2, 0) is 17.8 Å². The maximum absolute atomic E-state index is 14.8. The summed E-state index contributed by atoms with van der Waals surface area (Å²) in [6.07, 6.45) is -1.28. The third-order valence-corrected chi connectivity index (χ3v) is 7.03. The second kappa shape index (κ2) is 10.9. The van der Waals surface area contributed by atoms with Crippen molar-refractivity contribution in [2.45, 2.75) is 39.3 Å². The number of halogens is 3. The van der Waals surface area contributed by atoms with Gasteiger partial charge in [0, 0.05) is 43.5 Å². The fourth-order valence-electron chi connectivity index (χ4n) is 4.98. The van der Waals surface area contributed by atoms with Crippen LogP contribution in [0.4, 0.5) is 24.8 Å². The summed E-state index contributed by atoms with van der Waals surface area (Å²) in [6.45, 7) is 6.07. The third kappa shape index (κ3) is 5.35. The summed E-state index contributed by atoms with van der Waals surface area (Å²) in [7, 11) is 0. The van der Waals surface area contributed by atoms with Gasteiger partial charge in [-0.3, -0.25) is 9.80 Å². The lowest BCUT2D eigenvalue weighted by atomic mass is 10.0. The molecule has 1 atom stereocenters. The first-order chi connectivity index (χ1) is 18.7. The van der Waals surface area contributed by atoms with Crippen LogP contribution in [0.25, 0.3) is 0 Å². The molecular formula is C27H27F3N8O. The molecule has 1 N–H and O–H groups in total. The molecule has 1 fully saturated rings. The van der Waals surface area contributed by atoms with Crippen molar-refractivity contribution in [2.24, 2.45) is 0 Å². The summed E-state index contributed by atoms with van der Waals surface area (Å²) in [5.41, 5.74) is 1.27. The molecule has 2 aromatic heterocycles. The molecule has 202 valence electrons. The highest BCUT2D eigenvalue weighted by molar-refractivity contribution is 5.81. The van der Waals surface area contributed by atoms with Crippen molar-refractivity contribution >= 4 is 17.5 Å². The van der Waals surface area contributed by atoms with E-state index in [9.17, 15) is 18.0 Å². The van der Waals surface area contributed by atoms with Gasteiger partial charge in [-0.2, -0.15) is 5.26 Å². The monoisotopic (exact) mass is 536 g/mol. The van der Waals surface area contributed by atoms with Gasteiger partial charge in [0.2, 0.25) is 5.91 Å². The number of alkyl halides is 2. The Labute approximate surface area is 223 Å². The van der Waals surface area contributed by atoms with Crippen LogP contribution in [0.5, 0.6) is 0 Å². The second-order valence-corrected chi connectivity index (χ2v) is 9.55. The number of aromatic nitrogens is 3. The van der Waals surface area contributed by atoms with Gasteiger partial charge in [0.1, 0.15) is 29.3 Å². The lowest BCUT2D eigenvalue weighted by molar-refractivity contribution is -0.152. The van der Waals surface area contributed by atoms with E-state index in [1.165, 1.54) is 12.1 Å². The summed E-state index contributed by atoms with van der Waals surface area (Å²) < 4.78 is 41.3. The number of hydrogen-bond donors (Lipinski definition) is 1. The zero-order valence-electron chi connectivity index (χ0n) is 21.5. The van der Waals surface area contributed by atoms with E-state index >= 15 is 0 Å². The van der Waals surface area contributed by atoms with Gasteiger partial charge in [-0.05, 0) is 26.0 Å². The first-order valence-corrected chi connectivity index (χ1v) is 12.6. The van der Waals surface area contributed by atoms with Crippen molar-refractivity contribution in [1.29, 1.82) is 5.26 Å². The van der Waals surface area contributed by atoms with Gasteiger partial charge in [0.15, 0.2) is 0 Å². The highest BCUT2D eigenvalue weighted by Gasteiger charge is 2.33. The van der Waals surface area contributed by atoms with Gasteiger partial charge in [-0.25, -0.2) is 33.1 Å². The summed E-state index contributed by atoms with van der Waals surface area (Å²) in [4.78, 5) is 28.6. The number of carbonyl (C=O) groups excluding carboxylic acids is 1. The summed E-state index contributed by atoms with van der Waals surface area (Å²) in [6, 6.07) is 8.90. The van der Waals surface area contributed by atoms with E-state index in [1.54, 1.807) is 31.1 Å². The molecule has 4 heterocycles. The van der Waals surface area contributed by atoms with E-state index in [1.807, 2.05) is 11.1 Å². The van der Waals surface area contributed by atoms with Gasteiger partial charge in [0.05, 0.1) is 35.8 Å². The smallest absolute Gasteiger partial charge is 0.266 e. The van der Waals surface area contributed by atoms with E-state index in [0.29, 0.717) is 54.6 Å². The van der Waals surface area contributed by atoms with Crippen molar-refractivity contribution in [3.8, 4) is 6.07 Å². The van der Waals surface area contributed by atoms with E-state index in [-0.39, 0.29) is 24.4 Å². The largest absolute Gasteiger partial charge is 0.363 e. The minimum atomic E-state index is -2.92. The van der Waals surface area contributed by atoms with E-state index in [2.05, 4.69) is 31.2 Å². The molecule has 39 heavy (non-hydrogen) atoms. The first kappa shape index (κ1) is 26.4. The maximum Gasteiger partial charge on any atom is 0.266 e. The molecule has 0 aliphatic carbocycles. The van der Waals surface area contributed by atoms with Gasteiger partial charge in [-0.1, -0.05) is 18.2 Å². The molecule has 5 rings (SSSR count). The molecule has 0 bridgehead atoms. The Hall–Kier alpha value is -4.24. The van der Waals surface area contributed by atoms with Crippen LogP contribution >= 0.6 is 0 Å². The Morgan fingerprint density at radius 2 is 1.82 bits per heavy atom. The number of benzene rings is 1. The lowest BCUT2D eigenvalue weighted by Gasteiger charge is -2.43. The van der Waals surface area contributed by atoms with Gasteiger partial charge < -0.3 is 10.2 Å². The molecule has 2 aliphatic heterocycles. The Kier molecular flexibility index (Phi) is 7.34. The summed E-state index contributed by atoms with van der Waals surface area (Å²) >= 11 is 0. The van der Waals surface area contributed by atoms with Gasteiger partial charge >= 0.3 is 0 Å². The normalized spacial score (nSPS) is 16.7. The SMILES string of the molecule is Cc1nc2c(c(N[C@H](C)c3cccc(C(F)F)c3F)n1)CN(N1CCN(c3ccc(C#N)cn3)CC1)C(=O)C2. The van der Waals surface area contributed by atoms with Crippen LogP contribution in [0, 0.1) is 24.1 Å². The van der Waals surface area contributed by atoms with Gasteiger partial charge in [-0.15, -0.1) is 0 Å². The Morgan fingerprint density at radius 1 is 1.08 bits per heavy atom. The first-order valence-electron chi connectivity index (χ1n) is 12.6. The molecule has 1 amide bonds. The number of nitrogens with one attached hydrogen (secondary N) is 1. The average Bonchev–Trinajstić information content (AvgIpc) is 2.92. The summed E-state index contributed by atoms with van der Waals surface area (Å²) in [5, 5.41) is 15.9. The number of nitrogens with zero attached hydrogens (tertiary/aromatic N) is 7. The van der Waals surface area contributed by atoms with Crippen LogP contribution in [0.3, 0.4) is 0 Å². The molecule has 3 aromatic rings. The van der Waals surface area contributed by atoms with Crippen LogP contribution in [0.15, 0.2) is 36.5 Å². The number of rotatable bonds is 6. The predicted molar refractivity (Wildman–Crippen MR) is 137 cm³/mol. The minimum Gasteiger partial charge on any atom is -0.363 e. The van der Waals surface area contributed by atoms with Crippen molar-refractivity contribution in [3.05, 3.63) is 76.1 Å². The molecule has 0 spiro atoms. The highest BCUT2D eigenvalue weighted by atomic mass is 19.3. The number of piperazine rings is 1. The number of anilines is 2. The molecule has 9 nitrogen and oxygen atoms in total. The van der Waals surface area contributed by atoms with Crippen molar-refractivity contribution in [2.75, 3.05) is 36.4 Å². The molecule has 1 saturated heterocycles. The Balaban J connectivity index is 1.33. The third-order valence-electron chi connectivity index (χ3n) is 7.03. The zero-order chi connectivity index (χ0) is 27.7.